The molecular formula is C22H24N4O2. The largest absolute Gasteiger partial charge is 0.496 e. The summed E-state index contributed by atoms with van der Waals surface area (Å²) < 4.78 is 5.37. The van der Waals surface area contributed by atoms with Crippen molar-refractivity contribution in [1.29, 1.82) is 0 Å². The van der Waals surface area contributed by atoms with Crippen LogP contribution in [-0.4, -0.2) is 29.5 Å². The van der Waals surface area contributed by atoms with Crippen molar-refractivity contribution >= 4 is 17.5 Å². The van der Waals surface area contributed by atoms with E-state index in [9.17, 15) is 4.79 Å². The number of nitrogens with one attached hydrogen (secondary N) is 1. The van der Waals surface area contributed by atoms with Gasteiger partial charge in [0.05, 0.1) is 7.11 Å². The van der Waals surface area contributed by atoms with Crippen molar-refractivity contribution < 1.29 is 9.53 Å². The molecule has 1 heterocycles. The number of carbonyl (C=O) groups excluding carboxylic acids is 1. The highest BCUT2D eigenvalue weighted by Gasteiger charge is 2.19. The minimum Gasteiger partial charge on any atom is -0.496 e. The number of hydrogen-bond acceptors (Lipinski definition) is 5. The lowest BCUT2D eigenvalue weighted by Gasteiger charge is -2.21. The number of anilines is 2. The average Bonchev–Trinajstić information content (AvgIpc) is 2.73. The van der Waals surface area contributed by atoms with Gasteiger partial charge in [-0.1, -0.05) is 36.4 Å². The van der Waals surface area contributed by atoms with Gasteiger partial charge in [-0.3, -0.25) is 4.79 Å². The summed E-state index contributed by atoms with van der Waals surface area (Å²) in [6.07, 6.45) is 0. The molecule has 0 aliphatic carbocycles. The number of carbonyl (C=O) groups is 1. The Balaban J connectivity index is 1.82. The number of aromatic nitrogens is 2. The van der Waals surface area contributed by atoms with Crippen molar-refractivity contribution in [2.75, 3.05) is 23.9 Å². The van der Waals surface area contributed by atoms with E-state index in [1.54, 1.807) is 18.1 Å². The number of ether oxygens (including phenoxy) is 1. The van der Waals surface area contributed by atoms with Gasteiger partial charge in [-0.15, -0.1) is 0 Å². The fourth-order valence-corrected chi connectivity index (χ4v) is 2.97. The lowest BCUT2D eigenvalue weighted by atomic mass is 10.2. The smallest absolute Gasteiger partial charge is 0.277 e. The summed E-state index contributed by atoms with van der Waals surface area (Å²) in [4.78, 5) is 23.6. The van der Waals surface area contributed by atoms with Crippen LogP contribution in [0, 0.1) is 6.92 Å². The van der Waals surface area contributed by atoms with Gasteiger partial charge in [0.25, 0.3) is 5.91 Å². The Hall–Kier alpha value is -3.41. The molecule has 6 heteroatoms. The minimum absolute atomic E-state index is 0.153. The van der Waals surface area contributed by atoms with Gasteiger partial charge < -0.3 is 15.0 Å². The number of hydrogen-bond donors (Lipinski definition) is 1. The average molecular weight is 376 g/mol. The monoisotopic (exact) mass is 376 g/mol. The lowest BCUT2D eigenvalue weighted by molar-refractivity contribution is 0.0983. The van der Waals surface area contributed by atoms with E-state index < -0.39 is 0 Å². The van der Waals surface area contributed by atoms with Crippen LogP contribution in [0.15, 0.2) is 60.7 Å². The molecule has 0 radical (unpaired) electrons. The fraction of sp³-hybridized carbons (Fsp3) is 0.227. The molecule has 0 saturated carbocycles. The first-order chi connectivity index (χ1) is 13.6. The number of nitrogens with zero attached hydrogens (tertiary/aromatic N) is 3. The molecule has 28 heavy (non-hydrogen) atoms. The maximum atomic E-state index is 13.0. The van der Waals surface area contributed by atoms with Crippen molar-refractivity contribution in [3.05, 3.63) is 77.6 Å². The summed E-state index contributed by atoms with van der Waals surface area (Å²) in [5.74, 6) is 1.05. The minimum atomic E-state index is -0.153. The number of rotatable bonds is 7. The molecule has 0 bridgehead atoms. The molecule has 0 atom stereocenters. The van der Waals surface area contributed by atoms with Crippen molar-refractivity contribution in [3.63, 3.8) is 0 Å². The number of amides is 1. The van der Waals surface area contributed by atoms with Crippen molar-refractivity contribution in [1.82, 2.24) is 9.97 Å². The van der Waals surface area contributed by atoms with E-state index in [-0.39, 0.29) is 5.91 Å². The van der Waals surface area contributed by atoms with E-state index in [0.29, 0.717) is 24.7 Å². The summed E-state index contributed by atoms with van der Waals surface area (Å²) in [6.45, 7) is 4.85. The zero-order chi connectivity index (χ0) is 19.9. The standard InChI is InChI=1S/C22H24N4O2/c1-4-26(18-11-6-5-7-12-18)21(27)19-14-16(2)24-22(25-19)23-15-17-10-8-9-13-20(17)28-3/h5-14H,4,15H2,1-3H3,(H,23,24,25). The molecule has 6 nitrogen and oxygen atoms in total. The van der Waals surface area contributed by atoms with Gasteiger partial charge in [-0.05, 0) is 38.1 Å². The van der Waals surface area contributed by atoms with Gasteiger partial charge in [0.15, 0.2) is 0 Å². The van der Waals surface area contributed by atoms with Crippen LogP contribution in [0.2, 0.25) is 0 Å². The highest BCUT2D eigenvalue weighted by atomic mass is 16.5. The highest BCUT2D eigenvalue weighted by Crippen LogP contribution is 2.19. The predicted octanol–water partition coefficient (Wildman–Crippen LogP) is 4.07. The molecule has 3 rings (SSSR count). The Morgan fingerprint density at radius 2 is 1.79 bits per heavy atom. The Kier molecular flexibility index (Phi) is 6.22. The maximum absolute atomic E-state index is 13.0. The van der Waals surface area contributed by atoms with E-state index in [1.807, 2.05) is 68.4 Å². The molecule has 1 amide bonds. The summed E-state index contributed by atoms with van der Waals surface area (Å²) in [7, 11) is 1.64. The molecule has 0 fully saturated rings. The van der Waals surface area contributed by atoms with E-state index in [2.05, 4.69) is 15.3 Å². The van der Waals surface area contributed by atoms with Gasteiger partial charge >= 0.3 is 0 Å². The first-order valence-corrected chi connectivity index (χ1v) is 9.20. The van der Waals surface area contributed by atoms with Crippen LogP contribution in [0.25, 0.3) is 0 Å². The van der Waals surface area contributed by atoms with Crippen molar-refractivity contribution in [3.8, 4) is 5.75 Å². The van der Waals surface area contributed by atoms with Gasteiger partial charge in [0, 0.05) is 30.0 Å². The summed E-state index contributed by atoms with van der Waals surface area (Å²) >= 11 is 0. The summed E-state index contributed by atoms with van der Waals surface area (Å²) in [5.41, 5.74) is 2.92. The SMILES string of the molecule is CCN(C(=O)c1cc(C)nc(NCc2ccccc2OC)n1)c1ccccc1. The van der Waals surface area contributed by atoms with E-state index in [4.69, 9.17) is 4.74 Å². The second-order valence-corrected chi connectivity index (χ2v) is 6.27. The van der Waals surface area contributed by atoms with Crippen LogP contribution >= 0.6 is 0 Å². The second kappa shape index (κ2) is 8.99. The third-order valence-electron chi connectivity index (χ3n) is 4.33. The maximum Gasteiger partial charge on any atom is 0.277 e. The van der Waals surface area contributed by atoms with Gasteiger partial charge in [0.2, 0.25) is 5.95 Å². The molecule has 2 aromatic carbocycles. The molecule has 0 aliphatic rings. The van der Waals surface area contributed by atoms with Gasteiger partial charge in [0.1, 0.15) is 11.4 Å². The molecule has 0 aliphatic heterocycles. The Labute approximate surface area is 165 Å². The topological polar surface area (TPSA) is 67.4 Å². The van der Waals surface area contributed by atoms with Crippen LogP contribution < -0.4 is 15.0 Å². The van der Waals surface area contributed by atoms with Crippen molar-refractivity contribution in [2.45, 2.75) is 20.4 Å². The molecule has 1 aromatic heterocycles. The van der Waals surface area contributed by atoms with E-state index >= 15 is 0 Å². The van der Waals surface area contributed by atoms with Crippen LogP contribution in [-0.2, 0) is 6.54 Å². The van der Waals surface area contributed by atoms with E-state index in [0.717, 1.165) is 22.7 Å². The van der Waals surface area contributed by atoms with Crippen molar-refractivity contribution in [2.24, 2.45) is 0 Å². The van der Waals surface area contributed by atoms with Gasteiger partial charge in [-0.25, -0.2) is 9.97 Å². The molecule has 3 aromatic rings. The second-order valence-electron chi connectivity index (χ2n) is 6.27. The Morgan fingerprint density at radius 1 is 1.07 bits per heavy atom. The predicted molar refractivity (Wildman–Crippen MR) is 111 cm³/mol. The molecular weight excluding hydrogens is 352 g/mol. The first-order valence-electron chi connectivity index (χ1n) is 9.20. The third kappa shape index (κ3) is 4.46. The summed E-state index contributed by atoms with van der Waals surface area (Å²) in [6, 6.07) is 19.0. The number of para-hydroxylation sites is 2. The Bertz CT molecular complexity index is 944. The molecule has 144 valence electrons. The molecule has 1 N–H and O–H groups in total. The first kappa shape index (κ1) is 19.4. The van der Waals surface area contributed by atoms with Crippen LogP contribution in [0.5, 0.6) is 5.75 Å². The zero-order valence-electron chi connectivity index (χ0n) is 16.3. The third-order valence-corrected chi connectivity index (χ3v) is 4.33. The summed E-state index contributed by atoms with van der Waals surface area (Å²) in [5, 5.41) is 3.20. The molecule has 0 spiro atoms. The van der Waals surface area contributed by atoms with Gasteiger partial charge in [-0.2, -0.15) is 0 Å². The fourth-order valence-electron chi connectivity index (χ4n) is 2.97. The highest BCUT2D eigenvalue weighted by molar-refractivity contribution is 6.04. The Morgan fingerprint density at radius 3 is 2.50 bits per heavy atom. The lowest BCUT2D eigenvalue weighted by Crippen LogP contribution is -2.31. The van der Waals surface area contributed by atoms with Crippen LogP contribution in [0.4, 0.5) is 11.6 Å². The van der Waals surface area contributed by atoms with E-state index in [1.165, 1.54) is 0 Å². The van der Waals surface area contributed by atoms with Crippen LogP contribution in [0.1, 0.15) is 28.7 Å². The number of aryl methyl sites for hydroxylation is 1. The zero-order valence-corrected chi connectivity index (χ0v) is 16.3. The molecule has 0 unspecified atom stereocenters. The van der Waals surface area contributed by atoms with Crippen LogP contribution in [0.3, 0.4) is 0 Å². The normalized spacial score (nSPS) is 10.4. The number of benzene rings is 2. The molecule has 0 saturated heterocycles. The quantitative estimate of drug-likeness (QED) is 0.673. The number of methoxy groups -OCH3 is 1.